The minimum atomic E-state index is -0.200. The fourth-order valence-electron chi connectivity index (χ4n) is 1.10. The van der Waals surface area contributed by atoms with Gasteiger partial charge in [-0.25, -0.2) is 4.79 Å². The van der Waals surface area contributed by atoms with Crippen molar-refractivity contribution in [2.75, 3.05) is 13.2 Å². The molecule has 0 amide bonds. The number of hydrogen-bond donors (Lipinski definition) is 1. The molecule has 0 aromatic rings. The summed E-state index contributed by atoms with van der Waals surface area (Å²) in [6, 6.07) is 0. The van der Waals surface area contributed by atoms with Gasteiger partial charge in [0.1, 0.15) is 0 Å². The molecule has 74 valence electrons. The van der Waals surface area contributed by atoms with Crippen LogP contribution in [-0.4, -0.2) is 24.3 Å². The van der Waals surface area contributed by atoms with Crippen LogP contribution >= 0.6 is 0 Å². The van der Waals surface area contributed by atoms with Gasteiger partial charge in [-0.05, 0) is 11.8 Å². The zero-order valence-electron chi connectivity index (χ0n) is 8.17. The third-order valence-corrected chi connectivity index (χ3v) is 2.20. The molecule has 0 atom stereocenters. The van der Waals surface area contributed by atoms with Crippen LogP contribution in [0.3, 0.4) is 0 Å². The van der Waals surface area contributed by atoms with Gasteiger partial charge < -0.3 is 9.84 Å². The molecule has 1 fully saturated rings. The van der Waals surface area contributed by atoms with E-state index in [1.54, 1.807) is 0 Å². The van der Waals surface area contributed by atoms with E-state index in [0.29, 0.717) is 19.4 Å². The number of ether oxygens (including phenoxy) is 1. The minimum Gasteiger partial charge on any atom is -0.462 e. The van der Waals surface area contributed by atoms with E-state index in [0.717, 1.165) is 5.57 Å². The lowest BCUT2D eigenvalue weighted by Crippen LogP contribution is -2.15. The van der Waals surface area contributed by atoms with Gasteiger partial charge in [0.25, 0.3) is 0 Å². The monoisotopic (exact) mass is 184 g/mol. The first kappa shape index (κ1) is 10.3. The molecule has 13 heavy (non-hydrogen) atoms. The lowest BCUT2D eigenvalue weighted by atomic mass is 9.89. The van der Waals surface area contributed by atoms with Crippen LogP contribution in [0.4, 0.5) is 0 Å². The first-order chi connectivity index (χ1) is 6.05. The smallest absolute Gasteiger partial charge is 0.333 e. The molecule has 0 aromatic carbocycles. The molecule has 1 aliphatic heterocycles. The van der Waals surface area contributed by atoms with Crippen molar-refractivity contribution in [3.05, 3.63) is 11.6 Å². The number of aliphatic hydroxyl groups is 1. The predicted octanol–water partition coefficient (Wildman–Crippen LogP) is 1.27. The average Bonchev–Trinajstić information content (AvgIpc) is 2.48. The lowest BCUT2D eigenvalue weighted by molar-refractivity contribution is -0.135. The van der Waals surface area contributed by atoms with Gasteiger partial charge in [0.05, 0.1) is 6.61 Å². The Morgan fingerprint density at radius 3 is 2.77 bits per heavy atom. The van der Waals surface area contributed by atoms with E-state index >= 15 is 0 Å². The Morgan fingerprint density at radius 2 is 2.31 bits per heavy atom. The summed E-state index contributed by atoms with van der Waals surface area (Å²) in [7, 11) is 0. The minimum absolute atomic E-state index is 0.131. The van der Waals surface area contributed by atoms with Gasteiger partial charge in [-0.15, -0.1) is 0 Å². The quantitative estimate of drug-likeness (QED) is 0.530. The zero-order valence-corrected chi connectivity index (χ0v) is 8.17. The molecule has 1 rings (SSSR count). The summed E-state index contributed by atoms with van der Waals surface area (Å²) in [4.78, 5) is 11.0. The molecule has 0 spiro atoms. The Labute approximate surface area is 78.4 Å². The molecule has 3 nitrogen and oxygen atoms in total. The highest BCUT2D eigenvalue weighted by Gasteiger charge is 2.20. The van der Waals surface area contributed by atoms with Gasteiger partial charge in [-0.3, -0.25) is 0 Å². The summed E-state index contributed by atoms with van der Waals surface area (Å²) >= 11 is 0. The Hall–Kier alpha value is -0.830. The number of allylic oxidation sites excluding steroid dienone is 1. The maximum Gasteiger partial charge on any atom is 0.333 e. The van der Waals surface area contributed by atoms with Crippen LogP contribution < -0.4 is 0 Å². The number of hydrogen-bond acceptors (Lipinski definition) is 3. The molecule has 0 radical (unpaired) electrons. The van der Waals surface area contributed by atoms with Crippen molar-refractivity contribution in [2.24, 2.45) is 5.41 Å². The van der Waals surface area contributed by atoms with Crippen LogP contribution in [0.25, 0.3) is 0 Å². The highest BCUT2D eigenvalue weighted by molar-refractivity contribution is 5.90. The van der Waals surface area contributed by atoms with Crippen LogP contribution in [0.1, 0.15) is 26.7 Å². The predicted molar refractivity (Wildman–Crippen MR) is 49.1 cm³/mol. The molecule has 1 N–H and O–H groups in total. The number of carbonyl (C=O) groups excluding carboxylic acids is 1. The molecule has 1 saturated heterocycles. The van der Waals surface area contributed by atoms with E-state index in [1.165, 1.54) is 0 Å². The van der Waals surface area contributed by atoms with Crippen molar-refractivity contribution in [2.45, 2.75) is 26.7 Å². The maximum absolute atomic E-state index is 11.0. The molecular weight excluding hydrogens is 168 g/mol. The van der Waals surface area contributed by atoms with Crippen molar-refractivity contribution >= 4 is 5.97 Å². The van der Waals surface area contributed by atoms with E-state index < -0.39 is 0 Å². The van der Waals surface area contributed by atoms with Crippen molar-refractivity contribution < 1.29 is 14.6 Å². The number of cyclic esters (lactones) is 1. The van der Waals surface area contributed by atoms with E-state index in [4.69, 9.17) is 9.84 Å². The van der Waals surface area contributed by atoms with Crippen molar-refractivity contribution in [3.8, 4) is 0 Å². The van der Waals surface area contributed by atoms with Crippen molar-refractivity contribution in [1.29, 1.82) is 0 Å². The Kier molecular flexibility index (Phi) is 3.09. The molecule has 0 aliphatic carbocycles. The van der Waals surface area contributed by atoms with Crippen LogP contribution in [0, 0.1) is 5.41 Å². The lowest BCUT2D eigenvalue weighted by Gasteiger charge is -2.18. The van der Waals surface area contributed by atoms with E-state index in [-0.39, 0.29) is 18.0 Å². The third kappa shape index (κ3) is 2.84. The van der Waals surface area contributed by atoms with Gasteiger partial charge >= 0.3 is 5.97 Å². The molecular formula is C10H16O3. The maximum atomic E-state index is 11.0. The fraction of sp³-hybridized carbons (Fsp3) is 0.700. The number of aliphatic hydroxyl groups excluding tert-OH is 1. The van der Waals surface area contributed by atoms with Crippen LogP contribution in [0.2, 0.25) is 0 Å². The fourth-order valence-corrected chi connectivity index (χ4v) is 1.10. The summed E-state index contributed by atoms with van der Waals surface area (Å²) in [5.41, 5.74) is 0.608. The van der Waals surface area contributed by atoms with Crippen molar-refractivity contribution in [1.82, 2.24) is 0 Å². The molecule has 1 aliphatic rings. The topological polar surface area (TPSA) is 46.5 Å². The Morgan fingerprint density at radius 1 is 1.62 bits per heavy atom. The summed E-state index contributed by atoms with van der Waals surface area (Å²) in [5, 5.41) is 8.99. The number of rotatable bonds is 3. The summed E-state index contributed by atoms with van der Waals surface area (Å²) < 4.78 is 4.79. The standard InChI is InChI=1S/C10H16O3/c1-10(2,7-11)5-3-8-4-6-13-9(8)12/h3,11H,4-7H2,1-2H3/b8-3-. The molecule has 0 unspecified atom stereocenters. The highest BCUT2D eigenvalue weighted by Crippen LogP contribution is 2.23. The van der Waals surface area contributed by atoms with Gasteiger partial charge in [0.2, 0.25) is 0 Å². The second kappa shape index (κ2) is 3.92. The van der Waals surface area contributed by atoms with Crippen molar-refractivity contribution in [3.63, 3.8) is 0 Å². The third-order valence-electron chi connectivity index (χ3n) is 2.20. The van der Waals surface area contributed by atoms with Crippen LogP contribution in [-0.2, 0) is 9.53 Å². The Bertz CT molecular complexity index is 228. The largest absolute Gasteiger partial charge is 0.462 e. The molecule has 0 aromatic heterocycles. The molecule has 3 heteroatoms. The molecule has 0 saturated carbocycles. The van der Waals surface area contributed by atoms with Crippen LogP contribution in [0.5, 0.6) is 0 Å². The van der Waals surface area contributed by atoms with Gasteiger partial charge in [0, 0.05) is 18.6 Å². The normalized spacial score (nSPS) is 20.8. The summed E-state index contributed by atoms with van der Waals surface area (Å²) in [6.07, 6.45) is 3.31. The van der Waals surface area contributed by atoms with E-state index in [1.807, 2.05) is 19.9 Å². The number of carbonyl (C=O) groups is 1. The second-order valence-corrected chi connectivity index (χ2v) is 4.14. The summed E-state index contributed by atoms with van der Waals surface area (Å²) in [5.74, 6) is -0.200. The second-order valence-electron chi connectivity index (χ2n) is 4.14. The zero-order chi connectivity index (χ0) is 9.90. The van der Waals surface area contributed by atoms with E-state index in [9.17, 15) is 4.79 Å². The van der Waals surface area contributed by atoms with Gasteiger partial charge in [-0.1, -0.05) is 19.9 Å². The SMILES string of the molecule is CC(C)(CO)C/C=C1/CCOC1=O. The average molecular weight is 184 g/mol. The van der Waals surface area contributed by atoms with E-state index in [2.05, 4.69) is 0 Å². The molecule has 0 bridgehead atoms. The van der Waals surface area contributed by atoms with Crippen LogP contribution in [0.15, 0.2) is 11.6 Å². The molecule has 1 heterocycles. The highest BCUT2D eigenvalue weighted by atomic mass is 16.5. The summed E-state index contributed by atoms with van der Waals surface area (Å²) in [6.45, 7) is 4.56. The Balaban J connectivity index is 2.52. The van der Waals surface area contributed by atoms with Gasteiger partial charge in [-0.2, -0.15) is 0 Å². The first-order valence-electron chi connectivity index (χ1n) is 4.52. The van der Waals surface area contributed by atoms with Gasteiger partial charge in [0.15, 0.2) is 0 Å². The first-order valence-corrected chi connectivity index (χ1v) is 4.52. The number of esters is 1.